The van der Waals surface area contributed by atoms with E-state index in [2.05, 4.69) is 15.0 Å². The Bertz CT molecular complexity index is 1480. The smallest absolute Gasteiger partial charge is 0.216 e. The molecule has 0 radical (unpaired) electrons. The second kappa shape index (κ2) is 10.0. The van der Waals surface area contributed by atoms with Gasteiger partial charge in [0.15, 0.2) is 0 Å². The topological polar surface area (TPSA) is 96.2 Å². The van der Waals surface area contributed by atoms with Crippen LogP contribution in [0.4, 0.5) is 4.39 Å². The van der Waals surface area contributed by atoms with Crippen LogP contribution < -0.4 is 10.0 Å². The third kappa shape index (κ3) is 4.61. The average molecular weight is 565 g/mol. The molecule has 3 N–H and O–H groups in total. The third-order valence-corrected chi connectivity index (χ3v) is 11.6. The van der Waals surface area contributed by atoms with E-state index in [1.165, 1.54) is 18.9 Å². The molecule has 2 heterocycles. The van der Waals surface area contributed by atoms with Crippen LogP contribution in [-0.4, -0.2) is 42.4 Å². The summed E-state index contributed by atoms with van der Waals surface area (Å²) in [6, 6.07) is 14.2. The first-order valence-corrected chi connectivity index (χ1v) is 16.2. The largest absolute Gasteiger partial charge is 0.392 e. The maximum atomic E-state index is 15.0. The van der Waals surface area contributed by atoms with Gasteiger partial charge in [-0.3, -0.25) is 0 Å². The Hall–Kier alpha value is -2.59. The molecular weight excluding hydrogens is 527 g/mol. The molecule has 4 atom stereocenters. The van der Waals surface area contributed by atoms with E-state index in [0.717, 1.165) is 42.6 Å². The lowest BCUT2D eigenvalue weighted by Crippen LogP contribution is -2.57. The Balaban J connectivity index is 0.992. The number of nitrogens with zero attached hydrogens (tertiary/aromatic N) is 2. The molecule has 0 saturated heterocycles. The number of halogens is 1. The molecule has 0 amide bonds. The fourth-order valence-corrected chi connectivity index (χ4v) is 9.93. The minimum atomic E-state index is -3.41. The van der Waals surface area contributed by atoms with Crippen LogP contribution in [0.25, 0.3) is 11.3 Å². The van der Waals surface area contributed by atoms with Gasteiger partial charge in [-0.1, -0.05) is 42.5 Å². The van der Waals surface area contributed by atoms with Crippen molar-refractivity contribution in [3.05, 3.63) is 78.0 Å². The summed E-state index contributed by atoms with van der Waals surface area (Å²) in [5.41, 5.74) is 3.13. The second-order valence-electron chi connectivity index (χ2n) is 12.7. The van der Waals surface area contributed by atoms with Crippen molar-refractivity contribution < 1.29 is 17.9 Å². The minimum absolute atomic E-state index is 0.0256. The predicted molar refractivity (Wildman–Crippen MR) is 151 cm³/mol. The van der Waals surface area contributed by atoms with Gasteiger partial charge >= 0.3 is 0 Å². The van der Waals surface area contributed by atoms with E-state index >= 15 is 4.39 Å². The number of rotatable bonds is 10. The van der Waals surface area contributed by atoms with Gasteiger partial charge in [-0.2, -0.15) is 0 Å². The van der Waals surface area contributed by atoms with Gasteiger partial charge in [-0.15, -0.1) is 0 Å². The Morgan fingerprint density at radius 2 is 1.85 bits per heavy atom. The molecule has 212 valence electrons. The van der Waals surface area contributed by atoms with Crippen LogP contribution in [0.2, 0.25) is 0 Å². The number of fused-ring (bicyclic) bond motifs is 3. The molecule has 1 aliphatic heterocycles. The highest BCUT2D eigenvalue weighted by Gasteiger charge is 2.57. The highest BCUT2D eigenvalue weighted by atomic mass is 32.2. The number of nitrogens with one attached hydrogen (secondary N) is 2. The van der Waals surface area contributed by atoms with E-state index in [-0.39, 0.29) is 29.7 Å². The normalized spacial score (nSPS) is 30.8. The molecule has 1 aromatic heterocycles. The average Bonchev–Trinajstić information content (AvgIpc) is 3.51. The number of imidazole rings is 1. The highest BCUT2D eigenvalue weighted by Crippen LogP contribution is 2.64. The van der Waals surface area contributed by atoms with Crippen molar-refractivity contribution in [3.8, 4) is 11.3 Å². The fourth-order valence-electron chi connectivity index (χ4n) is 8.87. The summed E-state index contributed by atoms with van der Waals surface area (Å²) in [4.78, 5) is 4.31. The van der Waals surface area contributed by atoms with Crippen molar-refractivity contribution in [1.82, 2.24) is 19.6 Å². The van der Waals surface area contributed by atoms with Gasteiger partial charge in [0.25, 0.3) is 0 Å². The van der Waals surface area contributed by atoms with E-state index in [1.807, 2.05) is 41.0 Å². The van der Waals surface area contributed by atoms with Crippen LogP contribution in [0.1, 0.15) is 55.7 Å². The van der Waals surface area contributed by atoms with Crippen molar-refractivity contribution in [3.63, 3.8) is 0 Å². The SMILES string of the molecule is O=S(=O)(Cc1ccccc1)NCNCC1C2CC3CC1CC(C(O)CC1c4c(F)cccc4-c4cncn41)(C3)C2. The van der Waals surface area contributed by atoms with Crippen molar-refractivity contribution >= 4 is 10.0 Å². The summed E-state index contributed by atoms with van der Waals surface area (Å²) >= 11 is 0. The van der Waals surface area contributed by atoms with Crippen LogP contribution in [0.3, 0.4) is 0 Å². The van der Waals surface area contributed by atoms with Crippen LogP contribution >= 0.6 is 0 Å². The van der Waals surface area contributed by atoms with E-state index in [0.29, 0.717) is 35.7 Å². The molecule has 0 spiro atoms. The van der Waals surface area contributed by atoms with Crippen LogP contribution in [-0.2, 0) is 15.8 Å². The van der Waals surface area contributed by atoms with Crippen molar-refractivity contribution in [2.75, 3.05) is 13.2 Å². The third-order valence-electron chi connectivity index (χ3n) is 10.3. The first-order valence-electron chi connectivity index (χ1n) is 14.5. The lowest BCUT2D eigenvalue weighted by molar-refractivity contribution is -0.149. The number of aromatic nitrogens is 2. The minimum Gasteiger partial charge on any atom is -0.392 e. The summed E-state index contributed by atoms with van der Waals surface area (Å²) in [5, 5.41) is 15.2. The molecular formula is C31H37FN4O3S. The zero-order valence-electron chi connectivity index (χ0n) is 22.5. The molecule has 7 nitrogen and oxygen atoms in total. The molecule has 3 aromatic rings. The van der Waals surface area contributed by atoms with Crippen molar-refractivity contribution in [2.24, 2.45) is 29.1 Å². The quantitative estimate of drug-likeness (QED) is 0.250. The maximum Gasteiger partial charge on any atom is 0.216 e. The monoisotopic (exact) mass is 564 g/mol. The molecule has 8 rings (SSSR count). The molecule has 5 aliphatic rings. The second-order valence-corrected chi connectivity index (χ2v) is 14.5. The van der Waals surface area contributed by atoms with Gasteiger partial charge in [-0.25, -0.2) is 22.5 Å². The van der Waals surface area contributed by atoms with Crippen LogP contribution in [0.15, 0.2) is 61.1 Å². The number of hydrogen-bond acceptors (Lipinski definition) is 5. The maximum absolute atomic E-state index is 15.0. The summed E-state index contributed by atoms with van der Waals surface area (Å²) in [6.07, 6.45) is 8.93. The summed E-state index contributed by atoms with van der Waals surface area (Å²) in [5.74, 6) is 1.91. The standard InChI is InChI=1S/C31H37FN4O3S/c32-26-8-4-7-24-28-16-34-19-36(28)27(30(24)26)11-29(37)31-12-21-9-22(13-31)25(23(10-21)14-31)15-33-18-35-40(38,39)17-20-5-2-1-3-6-20/h1-8,16,19,21-23,25,27,29,33,35,37H,9-15,17-18H2. The van der Waals surface area contributed by atoms with Gasteiger partial charge < -0.3 is 15.0 Å². The number of aliphatic hydroxyl groups is 1. The first-order chi connectivity index (χ1) is 19.3. The number of sulfonamides is 1. The Labute approximate surface area is 235 Å². The lowest BCUT2D eigenvalue weighted by atomic mass is 9.44. The molecule has 4 fully saturated rings. The van der Waals surface area contributed by atoms with Gasteiger partial charge in [0.05, 0.1) is 42.8 Å². The zero-order valence-corrected chi connectivity index (χ0v) is 23.4. The molecule has 9 heteroatoms. The summed E-state index contributed by atoms with van der Waals surface area (Å²) in [7, 11) is -3.41. The lowest BCUT2D eigenvalue weighted by Gasteiger charge is -2.62. The molecule has 4 aliphatic carbocycles. The molecule has 4 saturated carbocycles. The van der Waals surface area contributed by atoms with Crippen molar-refractivity contribution in [1.29, 1.82) is 0 Å². The molecule has 40 heavy (non-hydrogen) atoms. The Morgan fingerprint density at radius 3 is 2.62 bits per heavy atom. The molecule has 2 aromatic carbocycles. The van der Waals surface area contributed by atoms with E-state index in [4.69, 9.17) is 0 Å². The molecule has 4 unspecified atom stereocenters. The number of aliphatic hydroxyl groups excluding tert-OH is 1. The van der Waals surface area contributed by atoms with Gasteiger partial charge in [-0.05, 0) is 85.8 Å². The van der Waals surface area contributed by atoms with Gasteiger partial charge in [0.2, 0.25) is 10.0 Å². The van der Waals surface area contributed by atoms with Crippen LogP contribution in [0, 0.1) is 34.9 Å². The van der Waals surface area contributed by atoms with Gasteiger partial charge in [0.1, 0.15) is 5.82 Å². The number of hydrogen-bond donors (Lipinski definition) is 3. The van der Waals surface area contributed by atoms with Gasteiger partial charge in [0, 0.05) is 11.1 Å². The predicted octanol–water partition coefficient (Wildman–Crippen LogP) is 4.45. The van der Waals surface area contributed by atoms with Crippen molar-refractivity contribution in [2.45, 2.75) is 56.4 Å². The first kappa shape index (κ1) is 26.3. The van der Waals surface area contributed by atoms with Crippen LogP contribution in [0.5, 0.6) is 0 Å². The van der Waals surface area contributed by atoms with E-state index in [1.54, 1.807) is 18.6 Å². The Kier molecular flexibility index (Phi) is 6.61. The van der Waals surface area contributed by atoms with E-state index in [9.17, 15) is 13.5 Å². The molecule has 4 bridgehead atoms. The fraction of sp³-hybridized carbons (Fsp3) is 0.516. The zero-order chi connectivity index (χ0) is 27.5. The Morgan fingerprint density at radius 1 is 1.07 bits per heavy atom. The highest BCUT2D eigenvalue weighted by molar-refractivity contribution is 7.88. The van der Waals surface area contributed by atoms with E-state index < -0.39 is 16.1 Å². The summed E-state index contributed by atoms with van der Waals surface area (Å²) in [6.45, 7) is 1.00. The summed E-state index contributed by atoms with van der Waals surface area (Å²) < 4.78 is 44.8. The number of benzene rings is 2.